The van der Waals surface area contributed by atoms with Crippen molar-refractivity contribution >= 4 is 5.91 Å². The smallest absolute Gasteiger partial charge is 0.258 e. The number of hydrogen-bond acceptors (Lipinski definition) is 3. The minimum absolute atomic E-state index is 0.00684. The van der Waals surface area contributed by atoms with Gasteiger partial charge in [0.25, 0.3) is 5.91 Å². The summed E-state index contributed by atoms with van der Waals surface area (Å²) in [5.74, 6) is -0.430. The van der Waals surface area contributed by atoms with Crippen LogP contribution in [0.2, 0.25) is 0 Å². The van der Waals surface area contributed by atoms with Crippen LogP contribution in [0.25, 0.3) is 0 Å². The summed E-state index contributed by atoms with van der Waals surface area (Å²) in [4.78, 5) is 14.6. The maximum absolute atomic E-state index is 12.9. The Morgan fingerprint density at radius 1 is 0.846 bits per heavy atom. The Morgan fingerprint density at radius 2 is 1.46 bits per heavy atom. The number of nitrogens with zero attached hydrogens (tertiary/aromatic N) is 1. The van der Waals surface area contributed by atoms with Gasteiger partial charge in [0.1, 0.15) is 11.5 Å². The summed E-state index contributed by atoms with van der Waals surface area (Å²) in [6.07, 6.45) is 0.494. The Bertz CT molecular complexity index is 941. The zero-order valence-corrected chi connectivity index (χ0v) is 14.2. The van der Waals surface area contributed by atoms with Crippen molar-refractivity contribution < 1.29 is 15.0 Å². The van der Waals surface area contributed by atoms with Gasteiger partial charge in [0.2, 0.25) is 0 Å². The highest BCUT2D eigenvalue weighted by atomic mass is 16.3. The first-order valence-corrected chi connectivity index (χ1v) is 8.56. The summed E-state index contributed by atoms with van der Waals surface area (Å²) in [6.45, 7) is 1.06. The summed E-state index contributed by atoms with van der Waals surface area (Å²) >= 11 is 0. The highest BCUT2D eigenvalue weighted by Crippen LogP contribution is 2.32. The second-order valence-corrected chi connectivity index (χ2v) is 6.59. The van der Waals surface area contributed by atoms with Crippen LogP contribution in [-0.4, -0.2) is 21.0 Å². The first-order chi connectivity index (χ1) is 12.6. The number of amides is 1. The summed E-state index contributed by atoms with van der Waals surface area (Å²) in [5.41, 5.74) is 4.13. The van der Waals surface area contributed by atoms with E-state index >= 15 is 0 Å². The number of benzene rings is 3. The largest absolute Gasteiger partial charge is 0.508 e. The minimum Gasteiger partial charge on any atom is -0.508 e. The number of carbonyl (C=O) groups is 1. The van der Waals surface area contributed by atoms with Gasteiger partial charge in [0, 0.05) is 25.6 Å². The van der Waals surface area contributed by atoms with Crippen molar-refractivity contribution in [3.05, 3.63) is 94.5 Å². The average molecular weight is 345 g/mol. The molecule has 0 fully saturated rings. The highest BCUT2D eigenvalue weighted by molar-refractivity contribution is 5.97. The third-order valence-electron chi connectivity index (χ3n) is 4.79. The van der Waals surface area contributed by atoms with Gasteiger partial charge in [-0.2, -0.15) is 0 Å². The van der Waals surface area contributed by atoms with Crippen molar-refractivity contribution in [3.63, 3.8) is 0 Å². The van der Waals surface area contributed by atoms with Crippen LogP contribution in [0.5, 0.6) is 11.5 Å². The van der Waals surface area contributed by atoms with Crippen molar-refractivity contribution in [2.24, 2.45) is 0 Å². The highest BCUT2D eigenvalue weighted by Gasteiger charge is 2.26. The van der Waals surface area contributed by atoms with E-state index in [1.165, 1.54) is 6.07 Å². The molecule has 4 nitrogen and oxygen atoms in total. The van der Waals surface area contributed by atoms with Gasteiger partial charge in [0.05, 0.1) is 5.56 Å². The molecule has 0 unspecified atom stereocenters. The first-order valence-electron chi connectivity index (χ1n) is 8.56. The van der Waals surface area contributed by atoms with Crippen LogP contribution in [-0.2, 0) is 19.5 Å². The third-order valence-corrected chi connectivity index (χ3v) is 4.79. The van der Waals surface area contributed by atoms with Gasteiger partial charge >= 0.3 is 0 Å². The van der Waals surface area contributed by atoms with E-state index in [1.807, 2.05) is 54.6 Å². The molecule has 0 radical (unpaired) electrons. The molecule has 0 spiro atoms. The Balaban J connectivity index is 1.62. The number of phenols is 2. The molecule has 0 aromatic heterocycles. The van der Waals surface area contributed by atoms with Crippen LogP contribution in [0.3, 0.4) is 0 Å². The zero-order valence-electron chi connectivity index (χ0n) is 14.2. The lowest BCUT2D eigenvalue weighted by Crippen LogP contribution is -2.25. The lowest BCUT2D eigenvalue weighted by Gasteiger charge is -2.17. The second kappa shape index (κ2) is 6.56. The molecule has 3 aromatic rings. The third kappa shape index (κ3) is 3.02. The van der Waals surface area contributed by atoms with Gasteiger partial charge in [-0.15, -0.1) is 0 Å². The van der Waals surface area contributed by atoms with Crippen LogP contribution in [0.1, 0.15) is 32.6 Å². The van der Waals surface area contributed by atoms with E-state index in [1.54, 1.807) is 11.0 Å². The van der Waals surface area contributed by atoms with Crippen LogP contribution in [0.15, 0.2) is 66.7 Å². The molecule has 0 saturated carbocycles. The maximum Gasteiger partial charge on any atom is 0.258 e. The molecule has 1 aliphatic rings. The molecule has 0 atom stereocenters. The molecule has 4 heteroatoms. The van der Waals surface area contributed by atoms with Crippen molar-refractivity contribution in [2.45, 2.75) is 19.5 Å². The Morgan fingerprint density at radius 3 is 2.12 bits per heavy atom. The lowest BCUT2D eigenvalue weighted by atomic mass is 10.0. The predicted molar refractivity (Wildman–Crippen MR) is 99.0 cm³/mol. The number of phenolic OH excluding ortho intramolecular Hbond substituents is 2. The standard InChI is InChI=1S/C22H19NO3/c24-20-12-21(25)19(11-18(20)10-15-6-2-1-3-7-15)22(26)23-13-16-8-4-5-9-17(16)14-23/h1-9,11-12,24-25H,10,13-14H2. The summed E-state index contributed by atoms with van der Waals surface area (Å²) < 4.78 is 0. The van der Waals surface area contributed by atoms with E-state index in [0.29, 0.717) is 25.1 Å². The Kier molecular flexibility index (Phi) is 4.09. The van der Waals surface area contributed by atoms with E-state index in [4.69, 9.17) is 0 Å². The quantitative estimate of drug-likeness (QED) is 0.758. The van der Waals surface area contributed by atoms with Crippen LogP contribution < -0.4 is 0 Å². The molecule has 0 bridgehead atoms. The van der Waals surface area contributed by atoms with Gasteiger partial charge in [-0.05, 0) is 28.3 Å². The van der Waals surface area contributed by atoms with Crippen LogP contribution in [0, 0.1) is 0 Å². The maximum atomic E-state index is 12.9. The van der Waals surface area contributed by atoms with Gasteiger partial charge in [-0.3, -0.25) is 4.79 Å². The van der Waals surface area contributed by atoms with E-state index in [0.717, 1.165) is 16.7 Å². The van der Waals surface area contributed by atoms with Gasteiger partial charge in [0.15, 0.2) is 0 Å². The minimum atomic E-state index is -0.229. The summed E-state index contributed by atoms with van der Waals surface area (Å²) in [6, 6.07) is 20.5. The monoisotopic (exact) mass is 345 g/mol. The lowest BCUT2D eigenvalue weighted by molar-refractivity contribution is 0.0748. The molecule has 2 N–H and O–H groups in total. The molecule has 26 heavy (non-hydrogen) atoms. The van der Waals surface area contributed by atoms with Crippen molar-refractivity contribution in [1.29, 1.82) is 0 Å². The van der Waals surface area contributed by atoms with E-state index in [-0.39, 0.29) is 23.0 Å². The topological polar surface area (TPSA) is 60.8 Å². The molecule has 130 valence electrons. The van der Waals surface area contributed by atoms with Crippen molar-refractivity contribution in [3.8, 4) is 11.5 Å². The van der Waals surface area contributed by atoms with E-state index < -0.39 is 0 Å². The molecular formula is C22H19NO3. The Hall–Kier alpha value is -3.27. The molecule has 0 saturated heterocycles. The number of aromatic hydroxyl groups is 2. The van der Waals surface area contributed by atoms with Crippen LogP contribution in [0.4, 0.5) is 0 Å². The fourth-order valence-corrected chi connectivity index (χ4v) is 3.40. The predicted octanol–water partition coefficient (Wildman–Crippen LogP) is 3.84. The van der Waals surface area contributed by atoms with Gasteiger partial charge < -0.3 is 15.1 Å². The van der Waals surface area contributed by atoms with E-state index in [2.05, 4.69) is 0 Å². The number of carbonyl (C=O) groups excluding carboxylic acids is 1. The zero-order chi connectivity index (χ0) is 18.1. The van der Waals surface area contributed by atoms with Gasteiger partial charge in [-0.25, -0.2) is 0 Å². The first kappa shape index (κ1) is 16.2. The molecule has 3 aromatic carbocycles. The Labute approximate surface area is 152 Å². The number of fused-ring (bicyclic) bond motifs is 1. The van der Waals surface area contributed by atoms with Crippen molar-refractivity contribution in [1.82, 2.24) is 4.90 Å². The molecule has 4 rings (SSSR count). The molecule has 1 heterocycles. The number of rotatable bonds is 3. The van der Waals surface area contributed by atoms with E-state index in [9.17, 15) is 15.0 Å². The summed E-state index contributed by atoms with van der Waals surface area (Å²) in [7, 11) is 0. The normalized spacial score (nSPS) is 12.8. The van der Waals surface area contributed by atoms with Gasteiger partial charge in [-0.1, -0.05) is 54.6 Å². The molecule has 1 aliphatic heterocycles. The molecule has 0 aliphatic carbocycles. The SMILES string of the molecule is O=C(c1cc(Cc2ccccc2)c(O)cc1O)N1Cc2ccccc2C1. The average Bonchev–Trinajstić information content (AvgIpc) is 3.08. The fraction of sp³-hybridized carbons (Fsp3) is 0.136. The number of hydrogen-bond donors (Lipinski definition) is 2. The van der Waals surface area contributed by atoms with Crippen molar-refractivity contribution in [2.75, 3.05) is 0 Å². The second-order valence-electron chi connectivity index (χ2n) is 6.59. The summed E-state index contributed by atoms with van der Waals surface area (Å²) in [5, 5.41) is 20.4. The molecular weight excluding hydrogens is 326 g/mol. The molecule has 1 amide bonds. The fourth-order valence-electron chi connectivity index (χ4n) is 3.40. The van der Waals surface area contributed by atoms with Crippen LogP contribution >= 0.6 is 0 Å².